The van der Waals surface area contributed by atoms with Crippen LogP contribution < -0.4 is 102 Å². The molecule has 0 fully saturated rings. The SMILES string of the molecule is CCCCCCCCCCCC1c2cc3c4cc2Oc2ccc5c(c2Oc2cc6c(cc21)C(CCCCCCCCCCC)c1cc2c(cc1Oc1c(ccc7c1NB(c1ccc(C#N)cc1)N7)O6)Oc1ccc6c(c1Oc1cc(c(cc1C2CCCCCCCCCCC)C3CCCCCCCCCCC)Oc1c(ccc2c1NB(c1ccc(C#N)cc1)N2)O4)NB(c1ccc(C#N)cc1)N6)NB(c1ccc(C#N)cc1)N5. The van der Waals surface area contributed by atoms with Gasteiger partial charge in [0, 0.05) is 92.4 Å². The first-order valence-corrected chi connectivity index (χ1v) is 55.9. The van der Waals surface area contributed by atoms with Gasteiger partial charge in [0.1, 0.15) is 46.0 Å². The Morgan fingerprint density at radius 3 is 0.554 bits per heavy atom. The molecule has 4 atom stereocenters. The fourth-order valence-corrected chi connectivity index (χ4v) is 23.8. The van der Waals surface area contributed by atoms with Gasteiger partial charge in [-0.05, 0) is 169 Å². The van der Waals surface area contributed by atoms with Gasteiger partial charge >= 0.3 is 27.9 Å². The summed E-state index contributed by atoms with van der Waals surface area (Å²) in [7, 11) is 0. The third kappa shape index (κ3) is 21.7. The largest absolute Gasteiger partial charge is 0.453 e. The number of nitriles is 4. The zero-order chi connectivity index (χ0) is 101. The number of fused-ring (bicyclic) bond motifs is 12. The predicted molar refractivity (Wildman–Crippen MR) is 602 cm³/mol. The monoisotopic (exact) mass is 1970 g/mol. The van der Waals surface area contributed by atoms with Crippen molar-refractivity contribution in [3.05, 3.63) is 261 Å². The van der Waals surface area contributed by atoms with Gasteiger partial charge in [-0.15, -0.1) is 0 Å². The first kappa shape index (κ1) is 99.6. The van der Waals surface area contributed by atoms with E-state index >= 15 is 0 Å². The van der Waals surface area contributed by atoms with Crippen LogP contribution in [0.4, 0.5) is 45.5 Å². The maximum Gasteiger partial charge on any atom is 0.406 e. The van der Waals surface area contributed by atoms with Crippen molar-refractivity contribution < 1.29 is 37.9 Å². The second-order valence-electron chi connectivity index (χ2n) is 42.3. The third-order valence-electron chi connectivity index (χ3n) is 32.0. The van der Waals surface area contributed by atoms with Crippen molar-refractivity contribution in [3.8, 4) is 116 Å². The Bertz CT molecular complexity index is 6960. The minimum Gasteiger partial charge on any atom is -0.453 e. The summed E-state index contributed by atoms with van der Waals surface area (Å²) < 4.78 is 65.2. The minimum atomic E-state index is -0.431. The summed E-state index contributed by atoms with van der Waals surface area (Å²) in [6.07, 6.45) is 44.0. The highest BCUT2D eigenvalue weighted by atomic mass is 16.5. The molecule has 8 N–H and O–H groups in total. The summed E-state index contributed by atoms with van der Waals surface area (Å²) in [5.74, 6) is 7.15. The molecule has 0 radical (unpaired) electrons. The predicted octanol–water partition coefficient (Wildman–Crippen LogP) is 32.2. The van der Waals surface area contributed by atoms with E-state index in [0.717, 1.165) is 211 Å². The Labute approximate surface area is 875 Å². The highest BCUT2D eigenvalue weighted by Gasteiger charge is 2.45. The number of unbranched alkanes of at least 4 members (excludes halogenated alkanes) is 32. The molecule has 8 aliphatic heterocycles. The highest BCUT2D eigenvalue weighted by Crippen LogP contribution is 2.64. The van der Waals surface area contributed by atoms with Crippen molar-refractivity contribution >= 4 is 95.3 Å². The summed E-state index contributed by atoms with van der Waals surface area (Å²) in [6.45, 7) is 7.47. The zero-order valence-electron chi connectivity index (χ0n) is 86.4. The zero-order valence-corrected chi connectivity index (χ0v) is 86.4. The number of nitrogens with zero attached hydrogens (tertiary/aromatic N) is 4. The lowest BCUT2D eigenvalue weighted by molar-refractivity contribution is 0.402. The second-order valence-corrected chi connectivity index (χ2v) is 42.3. The number of hydrogen-bond donors (Lipinski definition) is 8. The lowest BCUT2D eigenvalue weighted by atomic mass is 9.69. The lowest BCUT2D eigenvalue weighted by Gasteiger charge is -2.30. The van der Waals surface area contributed by atoms with E-state index in [4.69, 9.17) is 37.9 Å². The molecule has 8 heterocycles. The van der Waals surface area contributed by atoms with Crippen LogP contribution in [0.15, 0.2) is 194 Å². The number of ether oxygens (including phenoxy) is 8. The average molecular weight is 1970 g/mol. The number of rotatable bonds is 44. The van der Waals surface area contributed by atoms with Crippen molar-refractivity contribution in [1.82, 2.24) is 0 Å². The summed E-state index contributed by atoms with van der Waals surface area (Å²) >= 11 is 0. The van der Waals surface area contributed by atoms with Crippen molar-refractivity contribution in [1.29, 1.82) is 21.0 Å². The molecule has 20 nitrogen and oxygen atoms in total. The quantitative estimate of drug-likeness (QED) is 0.0130. The van der Waals surface area contributed by atoms with Gasteiger partial charge in [-0.3, -0.25) is 0 Å². The van der Waals surface area contributed by atoms with Gasteiger partial charge in [-0.1, -0.05) is 307 Å². The molecule has 24 heteroatoms. The van der Waals surface area contributed by atoms with E-state index in [-0.39, 0.29) is 0 Å². The van der Waals surface area contributed by atoms with Crippen LogP contribution in [0, 0.1) is 45.3 Å². The molecule has 0 aromatic heterocycles. The molecule has 12 aromatic carbocycles. The van der Waals surface area contributed by atoms with Crippen LogP contribution >= 0.6 is 0 Å². The van der Waals surface area contributed by atoms with Gasteiger partial charge in [-0.2, -0.15) is 21.0 Å². The molecule has 0 spiro atoms. The maximum absolute atomic E-state index is 10.2. The Kier molecular flexibility index (Phi) is 31.5. The van der Waals surface area contributed by atoms with Gasteiger partial charge < -0.3 is 79.7 Å². The smallest absolute Gasteiger partial charge is 0.406 e. The van der Waals surface area contributed by atoms with Crippen LogP contribution in [0.2, 0.25) is 0 Å². The van der Waals surface area contributed by atoms with Gasteiger partial charge in [0.15, 0.2) is 46.0 Å². The first-order valence-electron chi connectivity index (χ1n) is 55.9. The third-order valence-corrected chi connectivity index (χ3v) is 32.0. The average Bonchev–Trinajstić information content (AvgIpc) is 1.56. The van der Waals surface area contributed by atoms with Crippen LogP contribution in [0.3, 0.4) is 0 Å². The van der Waals surface area contributed by atoms with Gasteiger partial charge in [-0.25, -0.2) is 0 Å². The first-order chi connectivity index (χ1) is 73.0. The molecule has 9 aliphatic rings. The fourth-order valence-electron chi connectivity index (χ4n) is 23.8. The topological polar surface area (TPSA) is 265 Å². The lowest BCUT2D eigenvalue weighted by Crippen LogP contribution is -2.41. The molecular formula is C124H136B4N12O8. The number of anilines is 8. The van der Waals surface area contributed by atoms with Crippen LogP contribution in [0.5, 0.6) is 92.0 Å². The van der Waals surface area contributed by atoms with Crippen LogP contribution in [-0.4, -0.2) is 27.9 Å². The van der Waals surface area contributed by atoms with E-state index in [1.807, 2.05) is 121 Å². The summed E-state index contributed by atoms with van der Waals surface area (Å²) in [4.78, 5) is 0. The normalized spacial score (nSPS) is 15.7. The van der Waals surface area contributed by atoms with Crippen LogP contribution in [-0.2, 0) is 0 Å². The molecular weight excluding hydrogens is 1830 g/mol. The molecule has 1 aliphatic carbocycles. The van der Waals surface area contributed by atoms with Crippen molar-refractivity contribution in [3.63, 3.8) is 0 Å². The van der Waals surface area contributed by atoms with E-state index in [1.165, 1.54) is 128 Å². The second kappa shape index (κ2) is 46.8. The molecule has 752 valence electrons. The number of nitrogens with one attached hydrogen (secondary N) is 8. The summed E-state index contributed by atoms with van der Waals surface area (Å²) in [5.41, 5.74) is 20.0. The standard InChI is InChI=1S/C124H136B4N12O8/c1-5-9-13-17-21-25-29-33-37-41-89-93-69-94-90(42-38-34-30-26-22-18-14-10-6-2)99-72-100-92(44-40-36-32-28-24-20-16-12-8-4)96-71-98-91(43-39-35-31-27-23-19-15-11-7-3)95-70-97(89)113-74-111(95)143-107-67-63-102-118(138-126(134-102)86-55-47-82(78-130)48-56-86)122(107)146-114(98)75-112(96)144-108-68-64-104-120(140-128(136-104)88-59-51-84(80-132)52-60-88)124(108)148-116(100)76-115(99)147-123-106(66-62-103-119(123)139-127(135-103)87-57-49-83(79-131)50-58-87)142-110(94)73-109(93)141-105-65-61-101-117(121(105)145-113)137-125(133-101)85-53-45-81(77-129)46-54-85/h45-76,89-92,133-140H,5-44H2,1-4H3. The summed E-state index contributed by atoms with van der Waals surface area (Å²) in [5, 5.41) is 71.8. The molecule has 12 aromatic rings. The molecule has 0 saturated carbocycles. The van der Waals surface area contributed by atoms with Gasteiger partial charge in [0.25, 0.3) is 0 Å². The van der Waals surface area contributed by atoms with Crippen molar-refractivity contribution in [2.45, 2.75) is 308 Å². The maximum atomic E-state index is 10.2. The Morgan fingerprint density at radius 2 is 0.372 bits per heavy atom. The number of hydrogen-bond acceptors (Lipinski definition) is 20. The van der Waals surface area contributed by atoms with E-state index < -0.39 is 51.6 Å². The Morgan fingerprint density at radius 1 is 0.196 bits per heavy atom. The summed E-state index contributed by atoms with van der Waals surface area (Å²) in [6, 6.07) is 75.7. The van der Waals surface area contributed by atoms with E-state index in [2.05, 4.69) is 167 Å². The minimum absolute atomic E-state index is 0.395. The molecule has 21 rings (SSSR count). The van der Waals surface area contributed by atoms with E-state index in [1.54, 1.807) is 0 Å². The van der Waals surface area contributed by atoms with E-state index in [0.29, 0.717) is 143 Å². The van der Waals surface area contributed by atoms with Crippen molar-refractivity contribution in [2.24, 2.45) is 0 Å². The highest BCUT2D eigenvalue weighted by molar-refractivity contribution is 6.83. The van der Waals surface area contributed by atoms with Gasteiger partial charge in [0.05, 0.1) is 92.0 Å². The Hall–Kier alpha value is -14.3. The Balaban J connectivity index is 0.856. The van der Waals surface area contributed by atoms with Crippen LogP contribution in [0.1, 0.15) is 375 Å². The molecule has 0 amide bonds. The molecule has 148 heavy (non-hydrogen) atoms. The van der Waals surface area contributed by atoms with Gasteiger partial charge in [0.2, 0.25) is 0 Å². The number of benzene rings is 12. The fraction of sp³-hybridized carbons (Fsp3) is 0.387. The molecule has 0 saturated heterocycles. The molecule has 8 bridgehead atoms. The molecule has 4 unspecified atom stereocenters. The van der Waals surface area contributed by atoms with E-state index in [9.17, 15) is 21.0 Å². The van der Waals surface area contributed by atoms with Crippen LogP contribution in [0.25, 0.3) is 0 Å². The van der Waals surface area contributed by atoms with Crippen molar-refractivity contribution in [2.75, 3.05) is 41.8 Å².